The molecule has 0 aromatic heterocycles. The Morgan fingerprint density at radius 1 is 1.19 bits per heavy atom. The Labute approximate surface area is 161 Å². The van der Waals surface area contributed by atoms with Gasteiger partial charge in [-0.3, -0.25) is 14.5 Å². The fourth-order valence-electron chi connectivity index (χ4n) is 2.44. The van der Waals surface area contributed by atoms with E-state index < -0.39 is 23.9 Å². The first-order valence-corrected chi connectivity index (χ1v) is 9.14. The smallest absolute Gasteiger partial charge is 0.329 e. The number of methoxy groups -OCH3 is 3. The van der Waals surface area contributed by atoms with Crippen molar-refractivity contribution in [1.29, 1.82) is 0 Å². The predicted molar refractivity (Wildman–Crippen MR) is 101 cm³/mol. The van der Waals surface area contributed by atoms with E-state index in [-0.39, 0.29) is 12.1 Å². The number of esters is 2. The third kappa shape index (κ3) is 4.68. The molecule has 0 N–H and O–H groups in total. The maximum atomic E-state index is 12.9. The molecule has 0 fully saturated rings. The maximum absolute atomic E-state index is 12.9. The van der Waals surface area contributed by atoms with Crippen molar-refractivity contribution in [2.75, 3.05) is 27.6 Å². The van der Waals surface area contributed by atoms with E-state index in [0.29, 0.717) is 10.9 Å². The lowest BCUT2D eigenvalue weighted by Gasteiger charge is -2.24. The van der Waals surface area contributed by atoms with Gasteiger partial charge in [-0.15, -0.1) is 0 Å². The van der Waals surface area contributed by atoms with E-state index >= 15 is 0 Å². The van der Waals surface area contributed by atoms with Gasteiger partial charge < -0.3 is 14.2 Å². The van der Waals surface area contributed by atoms with Crippen LogP contribution in [0.15, 0.2) is 35.0 Å². The van der Waals surface area contributed by atoms with Crippen molar-refractivity contribution < 1.29 is 28.6 Å². The Morgan fingerprint density at radius 2 is 1.85 bits per heavy atom. The van der Waals surface area contributed by atoms with Crippen LogP contribution in [0.3, 0.4) is 0 Å². The molecule has 1 aliphatic heterocycles. The van der Waals surface area contributed by atoms with E-state index in [2.05, 4.69) is 9.73 Å². The molecule has 0 unspecified atom stereocenters. The molecule has 1 amide bonds. The average Bonchev–Trinajstić information content (AvgIpc) is 3.01. The van der Waals surface area contributed by atoms with Crippen LogP contribution in [-0.2, 0) is 23.9 Å². The van der Waals surface area contributed by atoms with Gasteiger partial charge in [0.2, 0.25) is 0 Å². The summed E-state index contributed by atoms with van der Waals surface area (Å²) in [6, 6.07) is 5.93. The average molecular weight is 392 g/mol. The summed E-state index contributed by atoms with van der Waals surface area (Å²) in [5, 5.41) is 0.305. The van der Waals surface area contributed by atoms with Gasteiger partial charge in [0.1, 0.15) is 17.5 Å². The Balaban J connectivity index is 2.36. The highest BCUT2D eigenvalue weighted by Crippen LogP contribution is 2.27. The van der Waals surface area contributed by atoms with Gasteiger partial charge in [-0.1, -0.05) is 23.9 Å². The van der Waals surface area contributed by atoms with Gasteiger partial charge in [-0.25, -0.2) is 9.79 Å². The molecule has 9 heteroatoms. The van der Waals surface area contributed by atoms with E-state index in [1.165, 1.54) is 30.9 Å². The second-order valence-electron chi connectivity index (χ2n) is 5.40. The minimum absolute atomic E-state index is 0.156. The van der Waals surface area contributed by atoms with Crippen LogP contribution < -0.4 is 4.74 Å². The van der Waals surface area contributed by atoms with Gasteiger partial charge in [-0.05, 0) is 30.0 Å². The lowest BCUT2D eigenvalue weighted by Crippen LogP contribution is -2.47. The molecule has 0 radical (unpaired) electrons. The number of aliphatic imine (C=N–C) groups is 1. The molecular formula is C18H20N2O6S. The first kappa shape index (κ1) is 20.5. The number of rotatable bonds is 6. The molecule has 0 saturated carbocycles. The Hall–Kier alpha value is -2.81. The molecule has 0 aliphatic carbocycles. The summed E-state index contributed by atoms with van der Waals surface area (Å²) in [6.07, 6.45) is 3.00. The zero-order chi connectivity index (χ0) is 20.0. The SMILES string of the molecule is COC(=O)C[C@@H](C(=O)OC)N1C(=O)/C(=C/c2ccc(OC)cc2)N=C1SC. The van der Waals surface area contributed by atoms with Crippen molar-refractivity contribution >= 4 is 40.9 Å². The second kappa shape index (κ2) is 9.22. The summed E-state index contributed by atoms with van der Waals surface area (Å²) in [5.74, 6) is -1.16. The summed E-state index contributed by atoms with van der Waals surface area (Å²) in [4.78, 5) is 42.2. The number of hydrogen-bond acceptors (Lipinski definition) is 8. The first-order chi connectivity index (χ1) is 12.9. The molecule has 1 heterocycles. The summed E-state index contributed by atoms with van der Waals surface area (Å²) < 4.78 is 14.5. The van der Waals surface area contributed by atoms with E-state index in [1.54, 1.807) is 43.7 Å². The van der Waals surface area contributed by atoms with E-state index in [1.807, 2.05) is 0 Å². The minimum atomic E-state index is -1.15. The van der Waals surface area contributed by atoms with Crippen LogP contribution in [0.4, 0.5) is 0 Å². The van der Waals surface area contributed by atoms with Gasteiger partial charge in [0.05, 0.1) is 27.8 Å². The van der Waals surface area contributed by atoms with E-state index in [0.717, 1.165) is 5.56 Å². The Kier molecular flexibility index (Phi) is 7.00. The maximum Gasteiger partial charge on any atom is 0.329 e. The molecule has 0 bridgehead atoms. The molecule has 144 valence electrons. The van der Waals surface area contributed by atoms with Crippen molar-refractivity contribution in [3.8, 4) is 5.75 Å². The topological polar surface area (TPSA) is 94.5 Å². The van der Waals surface area contributed by atoms with Gasteiger partial charge in [0.25, 0.3) is 5.91 Å². The quantitative estimate of drug-likeness (QED) is 0.537. The summed E-state index contributed by atoms with van der Waals surface area (Å²) in [7, 11) is 3.97. The van der Waals surface area contributed by atoms with Gasteiger partial charge in [0.15, 0.2) is 5.17 Å². The summed E-state index contributed by atoms with van der Waals surface area (Å²) in [5.41, 5.74) is 0.899. The van der Waals surface area contributed by atoms with Crippen LogP contribution in [0.1, 0.15) is 12.0 Å². The molecule has 8 nitrogen and oxygen atoms in total. The van der Waals surface area contributed by atoms with Crippen LogP contribution in [0.25, 0.3) is 6.08 Å². The fourth-order valence-corrected chi connectivity index (χ4v) is 3.04. The van der Waals surface area contributed by atoms with Crippen LogP contribution in [0, 0.1) is 0 Å². The van der Waals surface area contributed by atoms with Gasteiger partial charge in [0, 0.05) is 0 Å². The third-order valence-corrected chi connectivity index (χ3v) is 4.49. The van der Waals surface area contributed by atoms with Crippen LogP contribution in [-0.4, -0.2) is 61.5 Å². The lowest BCUT2D eigenvalue weighted by atomic mass is 10.1. The van der Waals surface area contributed by atoms with Crippen LogP contribution in [0.5, 0.6) is 5.75 Å². The monoisotopic (exact) mass is 392 g/mol. The predicted octanol–water partition coefficient (Wildman–Crippen LogP) is 1.70. The number of benzene rings is 1. The molecular weight excluding hydrogens is 372 g/mol. The standard InChI is InChI=1S/C18H20N2O6S/c1-24-12-7-5-11(6-8-12)9-13-16(22)20(18(19-13)27-4)14(17(23)26-3)10-15(21)25-2/h5-9,14H,10H2,1-4H3/b13-9-/t14-/m0/s1. The molecule has 1 aromatic rings. The lowest BCUT2D eigenvalue weighted by molar-refractivity contribution is -0.153. The highest BCUT2D eigenvalue weighted by atomic mass is 32.2. The zero-order valence-electron chi connectivity index (χ0n) is 15.4. The highest BCUT2D eigenvalue weighted by Gasteiger charge is 2.41. The second-order valence-corrected chi connectivity index (χ2v) is 6.17. The molecule has 27 heavy (non-hydrogen) atoms. The Morgan fingerprint density at radius 3 is 2.37 bits per heavy atom. The highest BCUT2D eigenvalue weighted by molar-refractivity contribution is 8.13. The van der Waals surface area contributed by atoms with Crippen molar-refractivity contribution in [1.82, 2.24) is 4.90 Å². The largest absolute Gasteiger partial charge is 0.497 e. The third-order valence-electron chi connectivity index (χ3n) is 3.83. The van der Waals surface area contributed by atoms with Gasteiger partial charge >= 0.3 is 11.9 Å². The van der Waals surface area contributed by atoms with Crippen LogP contribution >= 0.6 is 11.8 Å². The Bertz CT molecular complexity index is 788. The van der Waals surface area contributed by atoms with Crippen molar-refractivity contribution in [3.63, 3.8) is 0 Å². The van der Waals surface area contributed by atoms with E-state index in [9.17, 15) is 14.4 Å². The molecule has 0 spiro atoms. The molecule has 0 saturated heterocycles. The summed E-state index contributed by atoms with van der Waals surface area (Å²) >= 11 is 1.19. The number of thioether (sulfide) groups is 1. The molecule has 1 aromatic carbocycles. The zero-order valence-corrected chi connectivity index (χ0v) is 16.2. The van der Waals surface area contributed by atoms with Crippen molar-refractivity contribution in [2.45, 2.75) is 12.5 Å². The van der Waals surface area contributed by atoms with Crippen molar-refractivity contribution in [2.24, 2.45) is 4.99 Å². The number of nitrogens with zero attached hydrogens (tertiary/aromatic N) is 2. The fraction of sp³-hybridized carbons (Fsp3) is 0.333. The number of hydrogen-bond donors (Lipinski definition) is 0. The number of ether oxygens (including phenoxy) is 3. The first-order valence-electron chi connectivity index (χ1n) is 7.91. The molecule has 2 rings (SSSR count). The molecule has 1 aliphatic rings. The van der Waals surface area contributed by atoms with Gasteiger partial charge in [-0.2, -0.15) is 0 Å². The minimum Gasteiger partial charge on any atom is -0.497 e. The summed E-state index contributed by atoms with van der Waals surface area (Å²) in [6.45, 7) is 0. The number of amidine groups is 1. The van der Waals surface area contributed by atoms with Crippen molar-refractivity contribution in [3.05, 3.63) is 35.5 Å². The molecule has 1 atom stereocenters. The normalized spacial score (nSPS) is 16.1. The van der Waals surface area contributed by atoms with E-state index in [4.69, 9.17) is 9.47 Å². The number of carbonyl (C=O) groups is 3. The number of amides is 1. The number of carbonyl (C=O) groups excluding carboxylic acids is 3. The van der Waals surface area contributed by atoms with Crippen LogP contribution in [0.2, 0.25) is 0 Å².